The van der Waals surface area contributed by atoms with E-state index in [9.17, 15) is 9.59 Å². The fourth-order valence-electron chi connectivity index (χ4n) is 3.74. The van der Waals surface area contributed by atoms with Crippen LogP contribution in [-0.4, -0.2) is 40.0 Å². The number of aromatic amines is 1. The molecule has 2 heterocycles. The largest absolute Gasteiger partial charge is 0.337 e. The molecule has 6 nitrogen and oxygen atoms in total. The van der Waals surface area contributed by atoms with Crippen LogP contribution in [0.1, 0.15) is 34.5 Å². The van der Waals surface area contributed by atoms with Crippen LogP contribution in [0.5, 0.6) is 0 Å². The summed E-state index contributed by atoms with van der Waals surface area (Å²) in [5, 5.41) is 11.0. The van der Waals surface area contributed by atoms with Crippen molar-refractivity contribution >= 4 is 28.4 Å². The first kappa shape index (κ1) is 18.2. The maximum atomic E-state index is 12.9. The maximum absolute atomic E-state index is 12.9. The highest BCUT2D eigenvalue weighted by atomic mass is 16.2. The predicted molar refractivity (Wildman–Crippen MR) is 109 cm³/mol. The van der Waals surface area contributed by atoms with Crippen LogP contribution >= 0.6 is 0 Å². The van der Waals surface area contributed by atoms with Crippen molar-refractivity contribution in [2.75, 3.05) is 18.4 Å². The Morgan fingerprint density at radius 2 is 1.82 bits per heavy atom. The number of aromatic nitrogens is 2. The van der Waals surface area contributed by atoms with E-state index in [0.29, 0.717) is 31.6 Å². The molecule has 0 unspecified atom stereocenters. The van der Waals surface area contributed by atoms with Gasteiger partial charge in [0.1, 0.15) is 0 Å². The number of nitrogens with zero attached hydrogens (tertiary/aromatic N) is 2. The Balaban J connectivity index is 1.39. The summed E-state index contributed by atoms with van der Waals surface area (Å²) in [6.07, 6.45) is 1.32. The van der Waals surface area contributed by atoms with Crippen molar-refractivity contribution in [2.24, 2.45) is 5.92 Å². The Morgan fingerprint density at radius 1 is 1.07 bits per heavy atom. The molecule has 0 saturated carbocycles. The summed E-state index contributed by atoms with van der Waals surface area (Å²) in [4.78, 5) is 27.3. The van der Waals surface area contributed by atoms with Crippen molar-refractivity contribution in [1.82, 2.24) is 15.1 Å². The van der Waals surface area contributed by atoms with Crippen LogP contribution in [0.15, 0.2) is 42.5 Å². The Kier molecular flexibility index (Phi) is 4.86. The fraction of sp³-hybridized carbons (Fsp3) is 0.318. The number of amides is 2. The second kappa shape index (κ2) is 7.46. The number of hydrogen-bond acceptors (Lipinski definition) is 3. The smallest absolute Gasteiger partial charge is 0.274 e. The van der Waals surface area contributed by atoms with E-state index in [2.05, 4.69) is 15.5 Å². The summed E-state index contributed by atoms with van der Waals surface area (Å²) in [6, 6.07) is 13.5. The zero-order chi connectivity index (χ0) is 19.7. The van der Waals surface area contributed by atoms with Gasteiger partial charge in [0.25, 0.3) is 5.91 Å². The average Bonchev–Trinajstić information content (AvgIpc) is 3.15. The van der Waals surface area contributed by atoms with Crippen LogP contribution in [0.4, 0.5) is 5.69 Å². The molecule has 1 saturated heterocycles. The van der Waals surface area contributed by atoms with E-state index in [1.807, 2.05) is 56.3 Å². The van der Waals surface area contributed by atoms with E-state index in [-0.39, 0.29) is 17.7 Å². The molecule has 2 aromatic carbocycles. The highest BCUT2D eigenvalue weighted by Gasteiger charge is 2.29. The number of carbonyl (C=O) groups excluding carboxylic acids is 2. The second-order valence-corrected chi connectivity index (χ2v) is 7.42. The quantitative estimate of drug-likeness (QED) is 0.732. The Morgan fingerprint density at radius 3 is 2.61 bits per heavy atom. The third-order valence-corrected chi connectivity index (χ3v) is 5.69. The zero-order valence-electron chi connectivity index (χ0n) is 16.2. The minimum Gasteiger partial charge on any atom is -0.337 e. The zero-order valence-corrected chi connectivity index (χ0v) is 16.2. The topological polar surface area (TPSA) is 78.1 Å². The van der Waals surface area contributed by atoms with Gasteiger partial charge in [-0.25, -0.2) is 0 Å². The molecular formula is C22H24N4O2. The van der Waals surface area contributed by atoms with Gasteiger partial charge in [0.05, 0.1) is 5.52 Å². The van der Waals surface area contributed by atoms with Crippen LogP contribution in [0.3, 0.4) is 0 Å². The van der Waals surface area contributed by atoms with Crippen molar-refractivity contribution in [1.29, 1.82) is 0 Å². The lowest BCUT2D eigenvalue weighted by Gasteiger charge is -2.31. The summed E-state index contributed by atoms with van der Waals surface area (Å²) in [7, 11) is 0. The first-order chi connectivity index (χ1) is 13.5. The van der Waals surface area contributed by atoms with Gasteiger partial charge in [-0.05, 0) is 49.9 Å². The van der Waals surface area contributed by atoms with Crippen LogP contribution in [-0.2, 0) is 4.79 Å². The van der Waals surface area contributed by atoms with Gasteiger partial charge in [-0.15, -0.1) is 0 Å². The predicted octanol–water partition coefficient (Wildman–Crippen LogP) is 3.67. The lowest BCUT2D eigenvalue weighted by Crippen LogP contribution is -2.41. The number of nitrogens with one attached hydrogen (secondary N) is 2. The van der Waals surface area contributed by atoms with Crippen molar-refractivity contribution in [3.8, 4) is 0 Å². The third kappa shape index (κ3) is 3.38. The van der Waals surface area contributed by atoms with E-state index in [0.717, 1.165) is 27.7 Å². The number of para-hydroxylation sites is 1. The molecule has 4 rings (SSSR count). The number of hydrogen-bond donors (Lipinski definition) is 2. The van der Waals surface area contributed by atoms with Crippen molar-refractivity contribution < 1.29 is 9.59 Å². The molecule has 1 aliphatic heterocycles. The maximum Gasteiger partial charge on any atom is 0.274 e. The molecule has 2 amide bonds. The van der Waals surface area contributed by atoms with Gasteiger partial charge >= 0.3 is 0 Å². The monoisotopic (exact) mass is 376 g/mol. The molecule has 1 aliphatic rings. The van der Waals surface area contributed by atoms with Gasteiger partial charge in [0.2, 0.25) is 5.91 Å². The molecule has 6 heteroatoms. The summed E-state index contributed by atoms with van der Waals surface area (Å²) in [6.45, 7) is 5.17. The van der Waals surface area contributed by atoms with Crippen LogP contribution in [0, 0.1) is 19.8 Å². The molecule has 0 atom stereocenters. The van der Waals surface area contributed by atoms with E-state index < -0.39 is 0 Å². The van der Waals surface area contributed by atoms with Gasteiger partial charge in [0.15, 0.2) is 5.69 Å². The Labute approximate surface area is 163 Å². The summed E-state index contributed by atoms with van der Waals surface area (Å²) in [5.41, 5.74) is 4.42. The normalized spacial score (nSPS) is 15.0. The number of carbonyl (C=O) groups is 2. The summed E-state index contributed by atoms with van der Waals surface area (Å²) in [5.74, 6) is -0.128. The average molecular weight is 376 g/mol. The van der Waals surface area contributed by atoms with Gasteiger partial charge in [-0.1, -0.05) is 30.3 Å². The molecule has 1 aromatic heterocycles. The number of fused-ring (bicyclic) bond motifs is 1. The molecule has 0 bridgehead atoms. The number of likely N-dealkylation sites (tertiary alicyclic amines) is 1. The highest BCUT2D eigenvalue weighted by molar-refractivity contribution is 6.04. The molecule has 0 spiro atoms. The lowest BCUT2D eigenvalue weighted by molar-refractivity contribution is -0.121. The summed E-state index contributed by atoms with van der Waals surface area (Å²) < 4.78 is 0. The molecule has 0 aliphatic carbocycles. The molecule has 144 valence electrons. The van der Waals surface area contributed by atoms with Gasteiger partial charge in [0, 0.05) is 30.1 Å². The van der Waals surface area contributed by atoms with Crippen molar-refractivity contribution in [3.63, 3.8) is 0 Å². The highest BCUT2D eigenvalue weighted by Crippen LogP contribution is 2.24. The van der Waals surface area contributed by atoms with Crippen LogP contribution < -0.4 is 5.32 Å². The molecule has 0 radical (unpaired) electrons. The fourth-order valence-corrected chi connectivity index (χ4v) is 3.74. The Bertz CT molecular complexity index is 1030. The SMILES string of the molecule is Cc1cccc(NC(=O)C2CCN(C(=O)c3n[nH]c4ccccc34)CC2)c1C. The number of H-pyrrole nitrogens is 1. The molecule has 3 aromatic rings. The lowest BCUT2D eigenvalue weighted by atomic mass is 9.95. The number of aryl methyl sites for hydroxylation is 1. The first-order valence-electron chi connectivity index (χ1n) is 9.64. The van der Waals surface area contributed by atoms with Crippen molar-refractivity contribution in [3.05, 3.63) is 59.3 Å². The molecular weight excluding hydrogens is 352 g/mol. The van der Waals surface area contributed by atoms with E-state index in [4.69, 9.17) is 0 Å². The molecule has 28 heavy (non-hydrogen) atoms. The van der Waals surface area contributed by atoms with E-state index in [1.54, 1.807) is 4.90 Å². The van der Waals surface area contributed by atoms with Crippen LogP contribution in [0.2, 0.25) is 0 Å². The standard InChI is InChI=1S/C22H24N4O2/c1-14-6-5-9-18(15(14)2)23-21(27)16-10-12-26(13-11-16)22(28)20-17-7-3-4-8-19(17)24-25-20/h3-9,16H,10-13H2,1-2H3,(H,23,27)(H,24,25). The third-order valence-electron chi connectivity index (χ3n) is 5.69. The number of piperidine rings is 1. The molecule has 2 N–H and O–H groups in total. The van der Waals surface area contributed by atoms with Crippen molar-refractivity contribution in [2.45, 2.75) is 26.7 Å². The van der Waals surface area contributed by atoms with Gasteiger partial charge < -0.3 is 10.2 Å². The number of anilines is 1. The second-order valence-electron chi connectivity index (χ2n) is 7.42. The first-order valence-corrected chi connectivity index (χ1v) is 9.64. The van der Waals surface area contributed by atoms with Gasteiger partial charge in [-0.3, -0.25) is 14.7 Å². The van der Waals surface area contributed by atoms with E-state index in [1.165, 1.54) is 0 Å². The minimum atomic E-state index is -0.0834. The Hall–Kier alpha value is -3.15. The number of benzene rings is 2. The molecule has 1 fully saturated rings. The number of rotatable bonds is 3. The minimum absolute atomic E-state index is 0.0334. The van der Waals surface area contributed by atoms with Gasteiger partial charge in [-0.2, -0.15) is 5.10 Å². The summed E-state index contributed by atoms with van der Waals surface area (Å²) >= 11 is 0. The van der Waals surface area contributed by atoms with Crippen LogP contribution in [0.25, 0.3) is 10.9 Å². The van der Waals surface area contributed by atoms with E-state index >= 15 is 0 Å².